The van der Waals surface area contributed by atoms with Crippen molar-refractivity contribution >= 4 is 11.6 Å². The van der Waals surface area contributed by atoms with E-state index < -0.39 is 24.7 Å². The van der Waals surface area contributed by atoms with Crippen molar-refractivity contribution in [1.29, 1.82) is 0 Å². The first kappa shape index (κ1) is 18.4. The molecule has 1 atom stereocenters. The number of nitrogens with one attached hydrogen (secondary N) is 1. The number of hydrogen-bond acceptors (Lipinski definition) is 3. The van der Waals surface area contributed by atoms with E-state index in [9.17, 15) is 18.0 Å². The Morgan fingerprint density at radius 1 is 1.36 bits per heavy atom. The second-order valence-corrected chi connectivity index (χ2v) is 5.58. The molecule has 1 rings (SSSR count). The van der Waals surface area contributed by atoms with E-state index in [0.717, 1.165) is 10.5 Å². The second-order valence-electron chi connectivity index (χ2n) is 5.58. The molecule has 0 aliphatic rings. The molecule has 0 spiro atoms. The maximum atomic E-state index is 12.2. The summed E-state index contributed by atoms with van der Waals surface area (Å²) in [5.41, 5.74) is 1.65. The van der Waals surface area contributed by atoms with Gasteiger partial charge >= 0.3 is 6.18 Å². The highest BCUT2D eigenvalue weighted by Gasteiger charge is 2.38. The quantitative estimate of drug-likeness (QED) is 0.848. The van der Waals surface area contributed by atoms with Crippen molar-refractivity contribution in [2.45, 2.75) is 32.0 Å². The Morgan fingerprint density at radius 2 is 2.00 bits per heavy atom. The molecule has 0 saturated heterocycles. The van der Waals surface area contributed by atoms with Gasteiger partial charge in [-0.2, -0.15) is 13.2 Å². The van der Waals surface area contributed by atoms with E-state index in [1.165, 1.54) is 7.05 Å². The van der Waals surface area contributed by atoms with Gasteiger partial charge in [0.25, 0.3) is 0 Å². The summed E-state index contributed by atoms with van der Waals surface area (Å²) in [7, 11) is 1.35. The number of alkyl halides is 3. The van der Waals surface area contributed by atoms with Gasteiger partial charge in [0.2, 0.25) is 5.91 Å². The number of anilines is 1. The number of halogens is 3. The Bertz CT molecular complexity index is 504. The van der Waals surface area contributed by atoms with Crippen LogP contribution in [0.4, 0.5) is 18.9 Å². The summed E-state index contributed by atoms with van der Waals surface area (Å²) in [4.78, 5) is 12.9. The van der Waals surface area contributed by atoms with E-state index >= 15 is 0 Å². The van der Waals surface area contributed by atoms with Crippen LogP contribution in [0.1, 0.15) is 25.3 Å². The van der Waals surface area contributed by atoms with Crippen LogP contribution in [0, 0.1) is 0 Å². The maximum Gasteiger partial charge on any atom is 0.415 e. The highest BCUT2D eigenvalue weighted by atomic mass is 19.4. The van der Waals surface area contributed by atoms with Gasteiger partial charge in [0, 0.05) is 12.2 Å². The fourth-order valence-corrected chi connectivity index (χ4v) is 1.88. The van der Waals surface area contributed by atoms with Crippen LogP contribution in [0.25, 0.3) is 0 Å². The number of carbonyl (C=O) groups excluding carboxylic acids is 1. The van der Waals surface area contributed by atoms with Crippen LogP contribution in [-0.4, -0.2) is 48.3 Å². The van der Waals surface area contributed by atoms with Crippen molar-refractivity contribution in [1.82, 2.24) is 4.90 Å². The van der Waals surface area contributed by atoms with Gasteiger partial charge in [0.05, 0.1) is 6.54 Å². The summed E-state index contributed by atoms with van der Waals surface area (Å²) in [5.74, 6) is -0.126. The summed E-state index contributed by atoms with van der Waals surface area (Å²) < 4.78 is 36.7. The van der Waals surface area contributed by atoms with Gasteiger partial charge in [0.1, 0.15) is 0 Å². The van der Waals surface area contributed by atoms with Crippen molar-refractivity contribution in [3.05, 3.63) is 29.8 Å². The van der Waals surface area contributed by atoms with Crippen molar-refractivity contribution in [3.63, 3.8) is 0 Å². The summed E-state index contributed by atoms with van der Waals surface area (Å²) in [6, 6.07) is 7.29. The molecule has 1 aromatic carbocycles. The van der Waals surface area contributed by atoms with Gasteiger partial charge < -0.3 is 10.4 Å². The van der Waals surface area contributed by atoms with Crippen molar-refractivity contribution in [2.24, 2.45) is 0 Å². The Balaban J connectivity index is 2.54. The lowest BCUT2D eigenvalue weighted by atomic mass is 10.0. The van der Waals surface area contributed by atoms with Crippen LogP contribution in [0.3, 0.4) is 0 Å². The number of carbonyl (C=O) groups is 1. The van der Waals surface area contributed by atoms with E-state index in [4.69, 9.17) is 5.11 Å². The Morgan fingerprint density at radius 3 is 2.55 bits per heavy atom. The predicted octanol–water partition coefficient (Wildman–Crippen LogP) is 2.60. The summed E-state index contributed by atoms with van der Waals surface area (Å²) >= 11 is 0. The minimum absolute atomic E-state index is 0.237. The molecule has 2 N–H and O–H groups in total. The number of aliphatic hydroxyl groups is 1. The molecule has 1 amide bonds. The van der Waals surface area contributed by atoms with E-state index in [2.05, 4.69) is 5.32 Å². The van der Waals surface area contributed by atoms with Crippen LogP contribution in [-0.2, 0) is 4.79 Å². The zero-order valence-corrected chi connectivity index (χ0v) is 12.8. The molecule has 7 heteroatoms. The van der Waals surface area contributed by atoms with E-state index in [-0.39, 0.29) is 6.54 Å². The molecule has 0 saturated carbocycles. The summed E-state index contributed by atoms with van der Waals surface area (Å²) in [6.07, 6.45) is -7.15. The van der Waals surface area contributed by atoms with Crippen molar-refractivity contribution in [2.75, 3.05) is 25.5 Å². The molecule has 0 aliphatic heterocycles. The molecule has 0 aliphatic carbocycles. The molecule has 0 fully saturated rings. The third-order valence-corrected chi connectivity index (χ3v) is 3.11. The van der Waals surface area contributed by atoms with E-state index in [0.29, 0.717) is 11.6 Å². The van der Waals surface area contributed by atoms with Crippen LogP contribution in [0.2, 0.25) is 0 Å². The zero-order chi connectivity index (χ0) is 16.9. The minimum Gasteiger partial charge on any atom is -0.382 e. The molecule has 0 heterocycles. The number of rotatable bonds is 6. The largest absolute Gasteiger partial charge is 0.415 e. The lowest BCUT2D eigenvalue weighted by Crippen LogP contribution is -2.42. The van der Waals surface area contributed by atoms with Crippen LogP contribution in [0.5, 0.6) is 0 Å². The third kappa shape index (κ3) is 6.03. The first-order chi connectivity index (χ1) is 10.1. The molecule has 4 nitrogen and oxygen atoms in total. The van der Waals surface area contributed by atoms with Gasteiger partial charge in [-0.05, 0) is 30.7 Å². The molecule has 0 aromatic heterocycles. The van der Waals surface area contributed by atoms with Gasteiger partial charge in [0.15, 0.2) is 6.10 Å². The lowest BCUT2D eigenvalue weighted by molar-refractivity contribution is -0.207. The Hall–Kier alpha value is -1.60. The molecular weight excluding hydrogens is 297 g/mol. The Labute approximate surface area is 127 Å². The average Bonchev–Trinajstić information content (AvgIpc) is 2.37. The smallest absolute Gasteiger partial charge is 0.382 e. The number of aliphatic hydroxyl groups excluding tert-OH is 1. The highest BCUT2D eigenvalue weighted by Crippen LogP contribution is 2.20. The third-order valence-electron chi connectivity index (χ3n) is 3.11. The standard InChI is InChI=1S/C15H21F3N2O2/c1-10(2)11-5-4-6-12(7-11)19-14(22)9-20(3)8-13(21)15(16,17)18/h4-7,10,13,21H,8-9H2,1-3H3,(H,19,22). The lowest BCUT2D eigenvalue weighted by Gasteiger charge is -2.21. The number of benzene rings is 1. The molecule has 0 bridgehead atoms. The first-order valence-corrected chi connectivity index (χ1v) is 6.92. The normalized spacial score (nSPS) is 13.5. The number of nitrogens with zero attached hydrogens (tertiary/aromatic N) is 1. The van der Waals surface area contributed by atoms with Crippen LogP contribution >= 0.6 is 0 Å². The van der Waals surface area contributed by atoms with Gasteiger partial charge in [-0.15, -0.1) is 0 Å². The van der Waals surface area contributed by atoms with E-state index in [1.54, 1.807) is 6.07 Å². The maximum absolute atomic E-state index is 12.2. The van der Waals surface area contributed by atoms with Crippen molar-refractivity contribution in [3.8, 4) is 0 Å². The number of hydrogen-bond donors (Lipinski definition) is 2. The monoisotopic (exact) mass is 318 g/mol. The fourth-order valence-electron chi connectivity index (χ4n) is 1.88. The van der Waals surface area contributed by atoms with Gasteiger partial charge in [-0.25, -0.2) is 0 Å². The zero-order valence-electron chi connectivity index (χ0n) is 12.8. The van der Waals surface area contributed by atoms with E-state index in [1.807, 2.05) is 32.0 Å². The predicted molar refractivity (Wildman–Crippen MR) is 78.7 cm³/mol. The van der Waals surface area contributed by atoms with Gasteiger partial charge in [-0.1, -0.05) is 26.0 Å². The molecule has 0 radical (unpaired) electrons. The topological polar surface area (TPSA) is 52.6 Å². The first-order valence-electron chi connectivity index (χ1n) is 6.92. The number of likely N-dealkylation sites (N-methyl/N-ethyl adjacent to an activating group) is 1. The van der Waals surface area contributed by atoms with Crippen molar-refractivity contribution < 1.29 is 23.1 Å². The molecule has 124 valence electrons. The van der Waals surface area contributed by atoms with Crippen LogP contribution < -0.4 is 5.32 Å². The summed E-state index contributed by atoms with van der Waals surface area (Å²) in [5, 5.41) is 11.6. The second kappa shape index (κ2) is 7.60. The fraction of sp³-hybridized carbons (Fsp3) is 0.533. The average molecular weight is 318 g/mol. The Kier molecular flexibility index (Phi) is 6.37. The summed E-state index contributed by atoms with van der Waals surface area (Å²) in [6.45, 7) is 3.16. The van der Waals surface area contributed by atoms with Crippen LogP contribution in [0.15, 0.2) is 24.3 Å². The minimum atomic E-state index is -4.68. The molecular formula is C15H21F3N2O2. The highest BCUT2D eigenvalue weighted by molar-refractivity contribution is 5.92. The molecule has 1 unspecified atom stereocenters. The molecule has 1 aromatic rings. The van der Waals surface area contributed by atoms with Gasteiger partial charge in [-0.3, -0.25) is 9.69 Å². The number of amides is 1. The molecule has 22 heavy (non-hydrogen) atoms. The SMILES string of the molecule is CC(C)c1cccc(NC(=O)CN(C)CC(O)C(F)(F)F)c1.